The SMILES string of the molecule is Cc1ccccc1OCCN1C(=O)N[C@@]2(CCCCc3ccccc32)C1=O. The van der Waals surface area contributed by atoms with Gasteiger partial charge in [0, 0.05) is 0 Å². The van der Waals surface area contributed by atoms with Crippen LogP contribution in [0.4, 0.5) is 4.79 Å². The van der Waals surface area contributed by atoms with Gasteiger partial charge in [-0.05, 0) is 55.4 Å². The van der Waals surface area contributed by atoms with Crippen molar-refractivity contribution in [2.24, 2.45) is 0 Å². The lowest BCUT2D eigenvalue weighted by Crippen LogP contribution is -2.44. The Labute approximate surface area is 159 Å². The Morgan fingerprint density at radius 2 is 1.85 bits per heavy atom. The molecule has 1 heterocycles. The van der Waals surface area contributed by atoms with E-state index in [4.69, 9.17) is 4.74 Å². The van der Waals surface area contributed by atoms with Gasteiger partial charge in [-0.1, -0.05) is 42.5 Å². The van der Waals surface area contributed by atoms with Crippen molar-refractivity contribution in [1.82, 2.24) is 10.2 Å². The second-order valence-electron chi connectivity index (χ2n) is 7.27. The third-order valence-corrected chi connectivity index (χ3v) is 5.57. The molecule has 0 saturated carbocycles. The Morgan fingerprint density at radius 3 is 2.70 bits per heavy atom. The first-order chi connectivity index (χ1) is 13.1. The van der Waals surface area contributed by atoms with Gasteiger partial charge in [0.1, 0.15) is 17.9 Å². The zero-order chi connectivity index (χ0) is 18.9. The highest BCUT2D eigenvalue weighted by Gasteiger charge is 2.53. The number of carbonyl (C=O) groups is 2. The number of amides is 3. The number of fused-ring (bicyclic) bond motifs is 2. The molecule has 1 fully saturated rings. The summed E-state index contributed by atoms with van der Waals surface area (Å²) in [6.07, 6.45) is 3.52. The molecule has 1 saturated heterocycles. The summed E-state index contributed by atoms with van der Waals surface area (Å²) in [5.41, 5.74) is 2.21. The minimum Gasteiger partial charge on any atom is -0.491 e. The maximum atomic E-state index is 13.3. The van der Waals surface area contributed by atoms with Crippen LogP contribution in [0.15, 0.2) is 48.5 Å². The van der Waals surface area contributed by atoms with Crippen LogP contribution in [0.2, 0.25) is 0 Å². The smallest absolute Gasteiger partial charge is 0.325 e. The van der Waals surface area contributed by atoms with Gasteiger partial charge in [-0.15, -0.1) is 0 Å². The number of rotatable bonds is 4. The molecule has 0 aromatic heterocycles. The Balaban J connectivity index is 1.53. The molecule has 3 amide bonds. The van der Waals surface area contributed by atoms with Crippen molar-refractivity contribution in [2.45, 2.75) is 38.1 Å². The van der Waals surface area contributed by atoms with E-state index < -0.39 is 5.54 Å². The van der Waals surface area contributed by atoms with E-state index in [9.17, 15) is 9.59 Å². The van der Waals surface area contributed by atoms with Crippen LogP contribution >= 0.6 is 0 Å². The summed E-state index contributed by atoms with van der Waals surface area (Å²) in [4.78, 5) is 27.2. The van der Waals surface area contributed by atoms with Crippen LogP contribution in [-0.4, -0.2) is 30.0 Å². The predicted molar refractivity (Wildman–Crippen MR) is 103 cm³/mol. The average molecular weight is 364 g/mol. The molecule has 0 radical (unpaired) electrons. The molecule has 1 aliphatic carbocycles. The number of hydrogen-bond acceptors (Lipinski definition) is 3. The van der Waals surface area contributed by atoms with Crippen molar-refractivity contribution in [3.8, 4) is 5.75 Å². The molecule has 4 rings (SSSR count). The van der Waals surface area contributed by atoms with Gasteiger partial charge in [-0.3, -0.25) is 9.69 Å². The number of ether oxygens (including phenoxy) is 1. The molecular formula is C22H24N2O3. The van der Waals surface area contributed by atoms with E-state index in [2.05, 4.69) is 11.4 Å². The summed E-state index contributed by atoms with van der Waals surface area (Å²) in [5.74, 6) is 0.620. The minimum absolute atomic E-state index is 0.157. The lowest BCUT2D eigenvalue weighted by molar-refractivity contribution is -0.132. The fourth-order valence-electron chi connectivity index (χ4n) is 4.14. The number of aryl methyl sites for hydroxylation is 2. The summed E-state index contributed by atoms with van der Waals surface area (Å²) in [7, 11) is 0. The number of imide groups is 1. The van der Waals surface area contributed by atoms with Gasteiger partial charge in [0.2, 0.25) is 0 Å². The molecule has 1 aliphatic heterocycles. The van der Waals surface area contributed by atoms with E-state index >= 15 is 0 Å². The van der Waals surface area contributed by atoms with Gasteiger partial charge in [-0.25, -0.2) is 4.79 Å². The summed E-state index contributed by atoms with van der Waals surface area (Å²) in [6, 6.07) is 15.4. The van der Waals surface area contributed by atoms with Crippen LogP contribution < -0.4 is 10.1 Å². The average Bonchev–Trinajstić information content (AvgIpc) is 2.81. The first-order valence-corrected chi connectivity index (χ1v) is 9.53. The molecule has 0 bridgehead atoms. The summed E-state index contributed by atoms with van der Waals surface area (Å²) >= 11 is 0. The van der Waals surface area contributed by atoms with Crippen LogP contribution in [0.25, 0.3) is 0 Å². The molecule has 27 heavy (non-hydrogen) atoms. The van der Waals surface area contributed by atoms with Gasteiger partial charge in [0.25, 0.3) is 5.91 Å². The van der Waals surface area contributed by atoms with Crippen molar-refractivity contribution >= 4 is 11.9 Å². The van der Waals surface area contributed by atoms with Gasteiger partial charge >= 0.3 is 6.03 Å². The van der Waals surface area contributed by atoms with Crippen LogP contribution in [-0.2, 0) is 16.8 Å². The molecular weight excluding hydrogens is 340 g/mol. The summed E-state index contributed by atoms with van der Waals surface area (Å²) < 4.78 is 5.79. The predicted octanol–water partition coefficient (Wildman–Crippen LogP) is 3.55. The van der Waals surface area contributed by atoms with Gasteiger partial charge < -0.3 is 10.1 Å². The van der Waals surface area contributed by atoms with Gasteiger partial charge in [0.15, 0.2) is 0 Å². The molecule has 2 aromatic carbocycles. The Hall–Kier alpha value is -2.82. The fraction of sp³-hybridized carbons (Fsp3) is 0.364. The molecule has 1 atom stereocenters. The fourth-order valence-corrected chi connectivity index (χ4v) is 4.14. The van der Waals surface area contributed by atoms with Crippen LogP contribution in [0, 0.1) is 6.92 Å². The largest absolute Gasteiger partial charge is 0.491 e. The highest BCUT2D eigenvalue weighted by Crippen LogP contribution is 2.38. The first-order valence-electron chi connectivity index (χ1n) is 9.53. The summed E-state index contributed by atoms with van der Waals surface area (Å²) in [6.45, 7) is 2.49. The second kappa shape index (κ2) is 7.06. The normalized spacial score (nSPS) is 21.7. The summed E-state index contributed by atoms with van der Waals surface area (Å²) in [5, 5.41) is 3.01. The molecule has 0 unspecified atom stereocenters. The van der Waals surface area contributed by atoms with Crippen molar-refractivity contribution in [3.63, 3.8) is 0 Å². The molecule has 5 heteroatoms. The Bertz CT molecular complexity index is 879. The third kappa shape index (κ3) is 3.07. The van der Waals surface area contributed by atoms with Crippen molar-refractivity contribution in [3.05, 3.63) is 65.2 Å². The van der Waals surface area contributed by atoms with Crippen molar-refractivity contribution < 1.29 is 14.3 Å². The number of urea groups is 1. The van der Waals surface area contributed by atoms with Crippen molar-refractivity contribution in [2.75, 3.05) is 13.2 Å². The van der Waals surface area contributed by atoms with E-state index in [1.54, 1.807) is 0 Å². The molecule has 2 aliphatic rings. The quantitative estimate of drug-likeness (QED) is 0.844. The number of hydrogen-bond donors (Lipinski definition) is 1. The van der Waals surface area contributed by atoms with E-state index in [0.29, 0.717) is 6.42 Å². The number of nitrogens with one attached hydrogen (secondary N) is 1. The van der Waals surface area contributed by atoms with Gasteiger partial charge in [-0.2, -0.15) is 0 Å². The Morgan fingerprint density at radius 1 is 1.07 bits per heavy atom. The number of para-hydroxylation sites is 1. The monoisotopic (exact) mass is 364 g/mol. The van der Waals surface area contributed by atoms with Crippen LogP contribution in [0.5, 0.6) is 5.75 Å². The number of benzene rings is 2. The lowest BCUT2D eigenvalue weighted by Gasteiger charge is -2.27. The van der Waals surface area contributed by atoms with E-state index in [1.165, 1.54) is 4.90 Å². The molecule has 1 N–H and O–H groups in total. The lowest BCUT2D eigenvalue weighted by atomic mass is 9.84. The molecule has 1 spiro atoms. The van der Waals surface area contributed by atoms with E-state index in [1.807, 2.05) is 49.4 Å². The highest BCUT2D eigenvalue weighted by molar-refractivity contribution is 6.07. The number of carbonyl (C=O) groups excluding carboxylic acids is 2. The van der Waals surface area contributed by atoms with Crippen molar-refractivity contribution in [1.29, 1.82) is 0 Å². The maximum absolute atomic E-state index is 13.3. The maximum Gasteiger partial charge on any atom is 0.325 e. The van der Waals surface area contributed by atoms with Gasteiger partial charge in [0.05, 0.1) is 6.54 Å². The molecule has 140 valence electrons. The zero-order valence-corrected chi connectivity index (χ0v) is 15.5. The molecule has 2 aromatic rings. The second-order valence-corrected chi connectivity index (χ2v) is 7.27. The number of nitrogens with zero attached hydrogens (tertiary/aromatic N) is 1. The standard InChI is InChI=1S/C22H24N2O3/c1-16-8-2-5-12-19(16)27-15-14-24-20(25)22(23-21(24)26)13-7-6-10-17-9-3-4-11-18(17)22/h2-5,8-9,11-12H,6-7,10,13-15H2,1H3,(H,23,26)/t22-/m1/s1. The third-order valence-electron chi connectivity index (χ3n) is 5.57. The zero-order valence-electron chi connectivity index (χ0n) is 15.5. The van der Waals surface area contributed by atoms with Crippen LogP contribution in [0.1, 0.15) is 36.0 Å². The van der Waals surface area contributed by atoms with E-state index in [-0.39, 0.29) is 25.1 Å². The molecule has 5 nitrogen and oxygen atoms in total. The topological polar surface area (TPSA) is 58.6 Å². The highest BCUT2D eigenvalue weighted by atomic mass is 16.5. The Kier molecular flexibility index (Phi) is 4.60. The van der Waals surface area contributed by atoms with E-state index in [0.717, 1.165) is 41.7 Å². The van der Waals surface area contributed by atoms with Crippen LogP contribution in [0.3, 0.4) is 0 Å². The minimum atomic E-state index is -0.924. The first kappa shape index (κ1) is 17.6.